The van der Waals surface area contributed by atoms with Crippen LogP contribution in [0.3, 0.4) is 0 Å². The van der Waals surface area contributed by atoms with Crippen LogP contribution in [0.4, 0.5) is 5.69 Å². The molecule has 3 N–H and O–H groups in total. The van der Waals surface area contributed by atoms with Crippen LogP contribution in [-0.2, 0) is 16.1 Å². The molecule has 94 valence electrons. The number of hydrogen-bond acceptors (Lipinski definition) is 4. The smallest absolute Gasteiger partial charge is 0.241 e. The molecule has 1 fully saturated rings. The fourth-order valence-electron chi connectivity index (χ4n) is 1.93. The Balaban J connectivity index is 1.77. The lowest BCUT2D eigenvalue weighted by Gasteiger charge is -2.23. The van der Waals surface area contributed by atoms with E-state index >= 15 is 0 Å². The lowest BCUT2D eigenvalue weighted by molar-refractivity contribution is -0.123. The highest BCUT2D eigenvalue weighted by Crippen LogP contribution is 2.23. The second-order valence-electron chi connectivity index (χ2n) is 4.65. The maximum atomic E-state index is 11.7. The second-order valence-corrected chi connectivity index (χ2v) is 4.65. The van der Waals surface area contributed by atoms with Crippen molar-refractivity contribution in [2.45, 2.75) is 31.9 Å². The first-order valence-corrected chi connectivity index (χ1v) is 5.76. The van der Waals surface area contributed by atoms with Gasteiger partial charge >= 0.3 is 0 Å². The Morgan fingerprint density at radius 1 is 1.76 bits per heavy atom. The zero-order valence-electron chi connectivity index (χ0n) is 9.98. The first-order valence-electron chi connectivity index (χ1n) is 5.76. The molecule has 17 heavy (non-hydrogen) atoms. The highest BCUT2D eigenvalue weighted by Gasteiger charge is 2.29. The van der Waals surface area contributed by atoms with Crippen molar-refractivity contribution in [3.63, 3.8) is 0 Å². The van der Waals surface area contributed by atoms with Crippen LogP contribution in [0.2, 0.25) is 0 Å². The topological polar surface area (TPSA) is 82.2 Å². The van der Waals surface area contributed by atoms with Crippen molar-refractivity contribution >= 4 is 11.6 Å². The standard InChI is InChI=1S/C11H18N4O2/c1-11(3-2-4-17-11)8-13-10(16)7-15-6-9(12)5-14-15/h5-6H,2-4,7-8,12H2,1H3,(H,13,16). The van der Waals surface area contributed by atoms with Gasteiger partial charge in [-0.1, -0.05) is 0 Å². The molecule has 1 aliphatic heterocycles. The Kier molecular flexibility index (Phi) is 3.33. The number of carbonyl (C=O) groups excluding carboxylic acids is 1. The van der Waals surface area contributed by atoms with E-state index in [9.17, 15) is 4.79 Å². The molecule has 0 saturated carbocycles. The average Bonchev–Trinajstić information content (AvgIpc) is 2.86. The van der Waals surface area contributed by atoms with Crippen molar-refractivity contribution in [1.82, 2.24) is 15.1 Å². The number of anilines is 1. The Hall–Kier alpha value is -1.56. The predicted molar refractivity (Wildman–Crippen MR) is 63.2 cm³/mol. The van der Waals surface area contributed by atoms with Gasteiger partial charge in [0.05, 0.1) is 17.5 Å². The number of nitrogens with zero attached hydrogens (tertiary/aromatic N) is 2. The maximum Gasteiger partial charge on any atom is 0.241 e. The van der Waals surface area contributed by atoms with E-state index in [1.165, 1.54) is 10.9 Å². The van der Waals surface area contributed by atoms with E-state index < -0.39 is 0 Å². The Bertz CT molecular complexity index is 396. The van der Waals surface area contributed by atoms with Gasteiger partial charge in [0.15, 0.2) is 0 Å². The van der Waals surface area contributed by atoms with Crippen LogP contribution in [0.25, 0.3) is 0 Å². The maximum absolute atomic E-state index is 11.7. The molecule has 1 aromatic rings. The van der Waals surface area contributed by atoms with E-state index in [2.05, 4.69) is 10.4 Å². The van der Waals surface area contributed by atoms with Crippen molar-refractivity contribution in [2.75, 3.05) is 18.9 Å². The Morgan fingerprint density at radius 3 is 3.18 bits per heavy atom. The minimum absolute atomic E-state index is 0.0789. The molecular weight excluding hydrogens is 220 g/mol. The summed E-state index contributed by atoms with van der Waals surface area (Å²) in [5.74, 6) is -0.0789. The molecule has 0 aromatic carbocycles. The number of amides is 1. The summed E-state index contributed by atoms with van der Waals surface area (Å²) in [6.45, 7) is 3.53. The third kappa shape index (κ3) is 3.20. The predicted octanol–water partition coefficient (Wildman–Crippen LogP) is 0.151. The molecule has 1 aromatic heterocycles. The molecule has 0 spiro atoms. The van der Waals surface area contributed by atoms with Gasteiger partial charge in [-0.3, -0.25) is 9.48 Å². The van der Waals surface area contributed by atoms with Gasteiger partial charge in [0, 0.05) is 19.3 Å². The highest BCUT2D eigenvalue weighted by molar-refractivity contribution is 5.75. The van der Waals surface area contributed by atoms with Crippen molar-refractivity contribution < 1.29 is 9.53 Å². The quantitative estimate of drug-likeness (QED) is 0.782. The van der Waals surface area contributed by atoms with Gasteiger partial charge in [0.2, 0.25) is 5.91 Å². The van der Waals surface area contributed by atoms with Gasteiger partial charge in [-0.05, 0) is 19.8 Å². The molecule has 0 bridgehead atoms. The summed E-state index contributed by atoms with van der Waals surface area (Å²) in [5, 5.41) is 6.81. The number of nitrogen functional groups attached to an aromatic ring is 1. The van der Waals surface area contributed by atoms with Crippen LogP contribution >= 0.6 is 0 Å². The number of aromatic nitrogens is 2. The third-order valence-corrected chi connectivity index (χ3v) is 2.92. The Labute approximate surface area is 100 Å². The van der Waals surface area contributed by atoms with Crippen LogP contribution in [-0.4, -0.2) is 34.4 Å². The number of rotatable bonds is 4. The molecule has 2 rings (SSSR count). The number of nitrogens with two attached hydrogens (primary N) is 1. The lowest BCUT2D eigenvalue weighted by Crippen LogP contribution is -2.41. The molecule has 6 heteroatoms. The van der Waals surface area contributed by atoms with E-state index in [0.717, 1.165) is 19.4 Å². The zero-order valence-corrected chi connectivity index (χ0v) is 9.98. The van der Waals surface area contributed by atoms with E-state index in [1.54, 1.807) is 6.20 Å². The number of ether oxygens (including phenoxy) is 1. The van der Waals surface area contributed by atoms with E-state index in [0.29, 0.717) is 12.2 Å². The van der Waals surface area contributed by atoms with E-state index in [-0.39, 0.29) is 18.1 Å². The minimum atomic E-state index is -0.210. The molecule has 1 aliphatic rings. The van der Waals surface area contributed by atoms with Crippen LogP contribution in [0.15, 0.2) is 12.4 Å². The van der Waals surface area contributed by atoms with Crippen molar-refractivity contribution in [3.8, 4) is 0 Å². The van der Waals surface area contributed by atoms with Crippen molar-refractivity contribution in [2.24, 2.45) is 0 Å². The zero-order chi connectivity index (χ0) is 12.3. The third-order valence-electron chi connectivity index (χ3n) is 2.92. The summed E-state index contributed by atoms with van der Waals surface area (Å²) in [7, 11) is 0. The molecule has 6 nitrogen and oxygen atoms in total. The van der Waals surface area contributed by atoms with Crippen LogP contribution < -0.4 is 11.1 Å². The number of nitrogens with one attached hydrogen (secondary N) is 1. The van der Waals surface area contributed by atoms with Gasteiger partial charge in [-0.15, -0.1) is 0 Å². The van der Waals surface area contributed by atoms with Gasteiger partial charge < -0.3 is 15.8 Å². The van der Waals surface area contributed by atoms with Gasteiger partial charge in [0.25, 0.3) is 0 Å². The first kappa shape index (κ1) is 11.9. The SMILES string of the molecule is CC1(CNC(=O)Cn2cc(N)cn2)CCCO1. The molecular formula is C11H18N4O2. The van der Waals surface area contributed by atoms with Gasteiger partial charge in [-0.2, -0.15) is 5.10 Å². The molecule has 1 atom stereocenters. The minimum Gasteiger partial charge on any atom is -0.396 e. The van der Waals surface area contributed by atoms with E-state index in [4.69, 9.17) is 10.5 Å². The molecule has 1 amide bonds. The first-order chi connectivity index (χ1) is 8.07. The number of hydrogen-bond donors (Lipinski definition) is 2. The fraction of sp³-hybridized carbons (Fsp3) is 0.636. The summed E-state index contributed by atoms with van der Waals surface area (Å²) < 4.78 is 7.10. The van der Waals surface area contributed by atoms with Gasteiger partial charge in [-0.25, -0.2) is 0 Å². The van der Waals surface area contributed by atoms with E-state index in [1.807, 2.05) is 6.92 Å². The molecule has 0 radical (unpaired) electrons. The van der Waals surface area contributed by atoms with Crippen LogP contribution in [0.1, 0.15) is 19.8 Å². The molecule has 1 saturated heterocycles. The summed E-state index contributed by atoms with van der Waals surface area (Å²) >= 11 is 0. The highest BCUT2D eigenvalue weighted by atomic mass is 16.5. The van der Waals surface area contributed by atoms with Crippen molar-refractivity contribution in [1.29, 1.82) is 0 Å². The largest absolute Gasteiger partial charge is 0.396 e. The fourth-order valence-corrected chi connectivity index (χ4v) is 1.93. The molecule has 1 unspecified atom stereocenters. The second kappa shape index (κ2) is 4.75. The van der Waals surface area contributed by atoms with Gasteiger partial charge in [0.1, 0.15) is 6.54 Å². The Morgan fingerprint density at radius 2 is 2.59 bits per heavy atom. The lowest BCUT2D eigenvalue weighted by atomic mass is 10.0. The summed E-state index contributed by atoms with van der Waals surface area (Å²) in [5.41, 5.74) is 5.86. The van der Waals surface area contributed by atoms with Crippen LogP contribution in [0.5, 0.6) is 0 Å². The summed E-state index contributed by atoms with van der Waals surface area (Å²) in [6, 6.07) is 0. The average molecular weight is 238 g/mol. The summed E-state index contributed by atoms with van der Waals surface area (Å²) in [6.07, 6.45) is 5.20. The van der Waals surface area contributed by atoms with Crippen LogP contribution in [0, 0.1) is 0 Å². The van der Waals surface area contributed by atoms with Crippen molar-refractivity contribution in [3.05, 3.63) is 12.4 Å². The normalized spacial score (nSPS) is 23.8. The molecule has 0 aliphatic carbocycles. The monoisotopic (exact) mass is 238 g/mol. The number of carbonyl (C=O) groups is 1. The molecule has 2 heterocycles. The summed E-state index contributed by atoms with van der Waals surface area (Å²) in [4.78, 5) is 11.7.